The summed E-state index contributed by atoms with van der Waals surface area (Å²) < 4.78 is 4.98. The fraction of sp³-hybridized carbons (Fsp3) is 0.333. The van der Waals surface area contributed by atoms with Gasteiger partial charge in [0.05, 0.1) is 0 Å². The van der Waals surface area contributed by atoms with E-state index in [0.717, 1.165) is 12.0 Å². The van der Waals surface area contributed by atoms with Crippen molar-refractivity contribution in [2.75, 3.05) is 0 Å². The highest BCUT2D eigenvalue weighted by atomic mass is 16.5. The summed E-state index contributed by atoms with van der Waals surface area (Å²) in [5.41, 5.74) is 2.52. The SMILES string of the molecule is Cc1onc(-c2ccc(CC(C)C)cc2)c1C(=O)O. The van der Waals surface area contributed by atoms with Crippen molar-refractivity contribution in [1.29, 1.82) is 0 Å². The summed E-state index contributed by atoms with van der Waals surface area (Å²) in [5.74, 6) is -0.0940. The lowest BCUT2D eigenvalue weighted by molar-refractivity contribution is 0.0696. The number of aromatic carboxylic acids is 1. The number of carboxylic acid groups (broad SMARTS) is 1. The third-order valence-electron chi connectivity index (χ3n) is 2.95. The molecule has 0 saturated heterocycles. The van der Waals surface area contributed by atoms with Crippen LogP contribution in [0.25, 0.3) is 11.3 Å². The van der Waals surface area contributed by atoms with Crippen LogP contribution in [0.1, 0.15) is 35.5 Å². The molecule has 0 amide bonds. The van der Waals surface area contributed by atoms with Crippen molar-refractivity contribution in [3.05, 3.63) is 41.2 Å². The zero-order valence-corrected chi connectivity index (χ0v) is 11.3. The Morgan fingerprint density at radius 2 is 1.95 bits per heavy atom. The molecule has 1 heterocycles. The number of carbonyl (C=O) groups is 1. The van der Waals surface area contributed by atoms with Crippen molar-refractivity contribution in [3.8, 4) is 11.3 Å². The molecule has 0 radical (unpaired) electrons. The molecule has 0 unspecified atom stereocenters. The van der Waals surface area contributed by atoms with Gasteiger partial charge in [0, 0.05) is 5.56 Å². The third-order valence-corrected chi connectivity index (χ3v) is 2.95. The predicted octanol–water partition coefficient (Wildman–Crippen LogP) is 3.55. The molecule has 4 heteroatoms. The second kappa shape index (κ2) is 5.26. The Morgan fingerprint density at radius 3 is 2.47 bits per heavy atom. The number of aromatic nitrogens is 1. The summed E-state index contributed by atoms with van der Waals surface area (Å²) in [5, 5.41) is 13.0. The number of hydrogen-bond acceptors (Lipinski definition) is 3. The van der Waals surface area contributed by atoms with Gasteiger partial charge in [-0.1, -0.05) is 43.3 Å². The Hall–Kier alpha value is -2.10. The van der Waals surface area contributed by atoms with E-state index in [1.54, 1.807) is 6.92 Å². The summed E-state index contributed by atoms with van der Waals surface area (Å²) in [6.45, 7) is 5.93. The van der Waals surface area contributed by atoms with Gasteiger partial charge in [-0.3, -0.25) is 0 Å². The predicted molar refractivity (Wildman–Crippen MR) is 72.2 cm³/mol. The fourth-order valence-electron chi connectivity index (χ4n) is 2.09. The maximum atomic E-state index is 11.2. The van der Waals surface area contributed by atoms with Gasteiger partial charge in [0.2, 0.25) is 0 Å². The van der Waals surface area contributed by atoms with E-state index in [9.17, 15) is 9.90 Å². The Balaban J connectivity index is 2.35. The van der Waals surface area contributed by atoms with E-state index in [-0.39, 0.29) is 5.56 Å². The quantitative estimate of drug-likeness (QED) is 0.912. The third kappa shape index (κ3) is 2.84. The molecule has 2 rings (SSSR count). The Morgan fingerprint density at radius 1 is 1.32 bits per heavy atom. The molecule has 0 bridgehead atoms. The minimum absolute atomic E-state index is 0.136. The largest absolute Gasteiger partial charge is 0.477 e. The molecule has 1 aromatic heterocycles. The van der Waals surface area contributed by atoms with E-state index in [0.29, 0.717) is 17.4 Å². The first kappa shape index (κ1) is 13.3. The summed E-state index contributed by atoms with van der Waals surface area (Å²) in [7, 11) is 0. The molecular formula is C15H17NO3. The molecule has 0 aliphatic heterocycles. The van der Waals surface area contributed by atoms with Gasteiger partial charge in [-0.15, -0.1) is 0 Å². The lowest BCUT2D eigenvalue weighted by atomic mass is 10.00. The lowest BCUT2D eigenvalue weighted by Crippen LogP contribution is -1.99. The van der Waals surface area contributed by atoms with Crippen LogP contribution in [-0.4, -0.2) is 16.2 Å². The van der Waals surface area contributed by atoms with Crippen molar-refractivity contribution in [1.82, 2.24) is 5.16 Å². The molecule has 4 nitrogen and oxygen atoms in total. The smallest absolute Gasteiger partial charge is 0.341 e. The van der Waals surface area contributed by atoms with E-state index in [4.69, 9.17) is 4.52 Å². The van der Waals surface area contributed by atoms with Crippen molar-refractivity contribution >= 4 is 5.97 Å². The van der Waals surface area contributed by atoms with Crippen molar-refractivity contribution in [2.45, 2.75) is 27.2 Å². The van der Waals surface area contributed by atoms with Crippen molar-refractivity contribution < 1.29 is 14.4 Å². The molecule has 0 spiro atoms. The second-order valence-corrected chi connectivity index (χ2v) is 5.06. The molecule has 19 heavy (non-hydrogen) atoms. The second-order valence-electron chi connectivity index (χ2n) is 5.06. The topological polar surface area (TPSA) is 63.3 Å². The molecule has 0 atom stereocenters. The Kier molecular flexibility index (Phi) is 3.69. The van der Waals surface area contributed by atoms with Crippen LogP contribution in [0.15, 0.2) is 28.8 Å². The van der Waals surface area contributed by atoms with Crippen LogP contribution in [0.4, 0.5) is 0 Å². The average Bonchev–Trinajstić information content (AvgIpc) is 2.71. The van der Waals surface area contributed by atoms with Crippen LogP contribution in [0.2, 0.25) is 0 Å². The van der Waals surface area contributed by atoms with Gasteiger partial charge in [0.25, 0.3) is 0 Å². The van der Waals surface area contributed by atoms with E-state index in [1.165, 1.54) is 5.56 Å². The lowest BCUT2D eigenvalue weighted by Gasteiger charge is -2.05. The van der Waals surface area contributed by atoms with Crippen LogP contribution < -0.4 is 0 Å². The van der Waals surface area contributed by atoms with Crippen LogP contribution in [-0.2, 0) is 6.42 Å². The minimum Gasteiger partial charge on any atom is -0.477 e. The summed E-state index contributed by atoms with van der Waals surface area (Å²) in [4.78, 5) is 11.2. The number of nitrogens with zero attached hydrogens (tertiary/aromatic N) is 1. The normalized spacial score (nSPS) is 10.9. The van der Waals surface area contributed by atoms with Gasteiger partial charge in [-0.25, -0.2) is 4.79 Å². The highest BCUT2D eigenvalue weighted by Gasteiger charge is 2.20. The van der Waals surface area contributed by atoms with Gasteiger partial charge < -0.3 is 9.63 Å². The monoisotopic (exact) mass is 259 g/mol. The molecule has 0 saturated carbocycles. The first-order valence-electron chi connectivity index (χ1n) is 6.28. The zero-order valence-electron chi connectivity index (χ0n) is 11.3. The number of benzene rings is 1. The standard InChI is InChI=1S/C15H17NO3/c1-9(2)8-11-4-6-12(7-5-11)14-13(15(17)18)10(3)19-16-14/h4-7,9H,8H2,1-3H3,(H,17,18). The number of aryl methyl sites for hydroxylation is 1. The van der Waals surface area contributed by atoms with Crippen LogP contribution in [0.3, 0.4) is 0 Å². The number of hydrogen-bond donors (Lipinski definition) is 1. The summed E-state index contributed by atoms with van der Waals surface area (Å²) in [6, 6.07) is 7.79. The van der Waals surface area contributed by atoms with Gasteiger partial charge in [-0.05, 0) is 24.8 Å². The van der Waals surface area contributed by atoms with Gasteiger partial charge in [-0.2, -0.15) is 0 Å². The van der Waals surface area contributed by atoms with Crippen LogP contribution in [0, 0.1) is 12.8 Å². The highest BCUT2D eigenvalue weighted by Crippen LogP contribution is 2.25. The highest BCUT2D eigenvalue weighted by molar-refractivity contribution is 5.95. The summed E-state index contributed by atoms with van der Waals surface area (Å²) >= 11 is 0. The molecule has 0 fully saturated rings. The molecule has 1 aromatic carbocycles. The van der Waals surface area contributed by atoms with E-state index >= 15 is 0 Å². The number of carboxylic acids is 1. The Labute approximate surface area is 112 Å². The maximum Gasteiger partial charge on any atom is 0.341 e. The van der Waals surface area contributed by atoms with E-state index in [1.807, 2.05) is 24.3 Å². The fourth-order valence-corrected chi connectivity index (χ4v) is 2.09. The van der Waals surface area contributed by atoms with Gasteiger partial charge in [0.1, 0.15) is 17.0 Å². The van der Waals surface area contributed by atoms with E-state index in [2.05, 4.69) is 19.0 Å². The minimum atomic E-state index is -1.01. The molecule has 0 aliphatic carbocycles. The summed E-state index contributed by atoms with van der Waals surface area (Å²) in [6.07, 6.45) is 1.00. The molecular weight excluding hydrogens is 242 g/mol. The van der Waals surface area contributed by atoms with Crippen LogP contribution >= 0.6 is 0 Å². The maximum absolute atomic E-state index is 11.2. The number of rotatable bonds is 4. The molecule has 0 aliphatic rings. The average molecular weight is 259 g/mol. The zero-order chi connectivity index (χ0) is 14.0. The molecule has 2 aromatic rings. The Bertz CT molecular complexity index is 582. The van der Waals surface area contributed by atoms with Crippen molar-refractivity contribution in [2.24, 2.45) is 5.92 Å². The van der Waals surface area contributed by atoms with Crippen molar-refractivity contribution in [3.63, 3.8) is 0 Å². The van der Waals surface area contributed by atoms with Crippen LogP contribution in [0.5, 0.6) is 0 Å². The molecule has 100 valence electrons. The first-order valence-corrected chi connectivity index (χ1v) is 6.28. The van der Waals surface area contributed by atoms with Gasteiger partial charge >= 0.3 is 5.97 Å². The molecule has 1 N–H and O–H groups in total. The van der Waals surface area contributed by atoms with Gasteiger partial charge in [0.15, 0.2) is 0 Å². The van der Waals surface area contributed by atoms with E-state index < -0.39 is 5.97 Å². The first-order chi connectivity index (χ1) is 8.99.